The Balaban J connectivity index is 1.75. The molecular weight excluding hydrogens is 373 g/mol. The van der Waals surface area contributed by atoms with E-state index in [0.717, 1.165) is 0 Å². The summed E-state index contributed by atoms with van der Waals surface area (Å²) >= 11 is 0. The maximum atomic E-state index is 13.0. The van der Waals surface area contributed by atoms with Gasteiger partial charge in [-0.3, -0.25) is 9.59 Å². The van der Waals surface area contributed by atoms with E-state index in [-0.39, 0.29) is 0 Å². The van der Waals surface area contributed by atoms with E-state index in [1.165, 1.54) is 0 Å². The van der Waals surface area contributed by atoms with Crippen LogP contribution in [0.3, 0.4) is 0 Å². The summed E-state index contributed by atoms with van der Waals surface area (Å²) < 4.78 is 44.6. The Morgan fingerprint density at radius 1 is 1.00 bits per heavy atom. The summed E-state index contributed by atoms with van der Waals surface area (Å²) in [6, 6.07) is 14.4. The highest BCUT2D eigenvalue weighted by molar-refractivity contribution is 5.99. The fraction of sp³-hybridized carbons (Fsp3) is 0.100. The summed E-state index contributed by atoms with van der Waals surface area (Å²) in [6.45, 7) is 0. The largest absolute Gasteiger partial charge is 0.457 e. The van der Waals surface area contributed by atoms with Crippen LogP contribution in [-0.2, 0) is 11.0 Å². The molecule has 4 rings (SSSR count). The zero-order chi connectivity index (χ0) is 19.9. The van der Waals surface area contributed by atoms with Gasteiger partial charge in [0, 0.05) is 17.3 Å². The van der Waals surface area contributed by atoms with Gasteiger partial charge in [-0.05, 0) is 18.2 Å². The predicted molar refractivity (Wildman–Crippen MR) is 95.5 cm³/mol. The van der Waals surface area contributed by atoms with Gasteiger partial charge in [-0.25, -0.2) is 0 Å². The average molecular weight is 386 g/mol. The van der Waals surface area contributed by atoms with Crippen LogP contribution < -0.4 is 15.6 Å². The van der Waals surface area contributed by atoms with Gasteiger partial charge in [-0.2, -0.15) is 13.2 Å². The van der Waals surface area contributed by atoms with Gasteiger partial charge in [0.1, 0.15) is 17.2 Å². The molecule has 0 fully saturated rings. The summed E-state index contributed by atoms with van der Waals surface area (Å²) in [7, 11) is 0. The molecule has 8 heteroatoms. The number of amides is 1. The molecule has 0 saturated heterocycles. The second kappa shape index (κ2) is 6.56. The number of pyridine rings is 1. The van der Waals surface area contributed by atoms with Crippen LogP contribution in [0.5, 0.6) is 11.5 Å². The van der Waals surface area contributed by atoms with Crippen molar-refractivity contribution in [1.29, 1.82) is 0 Å². The van der Waals surface area contributed by atoms with Crippen LogP contribution in [0, 0.1) is 0 Å². The Kier molecular flexibility index (Phi) is 4.18. The number of fused-ring (bicyclic) bond motifs is 2. The maximum Gasteiger partial charge on any atom is 0.417 e. The van der Waals surface area contributed by atoms with Crippen LogP contribution in [0.1, 0.15) is 22.6 Å². The second-order valence-electron chi connectivity index (χ2n) is 6.23. The first kappa shape index (κ1) is 17.8. The molecule has 0 unspecified atom stereocenters. The van der Waals surface area contributed by atoms with Crippen LogP contribution in [0.25, 0.3) is 0 Å². The van der Waals surface area contributed by atoms with Crippen LogP contribution in [-0.4, -0.2) is 10.9 Å². The minimum Gasteiger partial charge on any atom is -0.457 e. The SMILES string of the molecule is O=C(Nc1cc(C(F)(F)F)c[nH]c1=O)C1c2ccccc2Oc2ccccc21. The third-order valence-corrected chi connectivity index (χ3v) is 4.43. The molecule has 2 N–H and O–H groups in total. The maximum absolute atomic E-state index is 13.0. The summed E-state index contributed by atoms with van der Waals surface area (Å²) in [5.74, 6) is -0.526. The number of anilines is 1. The number of carbonyl (C=O) groups is 1. The van der Waals surface area contributed by atoms with Gasteiger partial charge in [0.2, 0.25) is 5.91 Å². The lowest BCUT2D eigenvalue weighted by Crippen LogP contribution is -2.28. The number of benzene rings is 2. The lowest BCUT2D eigenvalue weighted by atomic mass is 9.87. The highest BCUT2D eigenvalue weighted by Crippen LogP contribution is 2.44. The van der Waals surface area contributed by atoms with Gasteiger partial charge in [0.05, 0.1) is 11.5 Å². The Bertz CT molecular complexity index is 1080. The molecule has 0 radical (unpaired) electrons. The molecule has 5 nitrogen and oxygen atoms in total. The van der Waals surface area contributed by atoms with Crippen molar-refractivity contribution in [3.63, 3.8) is 0 Å². The van der Waals surface area contributed by atoms with Crippen molar-refractivity contribution < 1.29 is 22.7 Å². The van der Waals surface area contributed by atoms with Crippen molar-refractivity contribution >= 4 is 11.6 Å². The molecular formula is C20H13F3N2O3. The number of H-pyrrole nitrogens is 1. The average Bonchev–Trinajstić information content (AvgIpc) is 2.66. The Hall–Kier alpha value is -3.55. The number of aromatic amines is 1. The first-order chi connectivity index (χ1) is 13.3. The van der Waals surface area contributed by atoms with Gasteiger partial charge in [0.25, 0.3) is 5.56 Å². The standard InChI is InChI=1S/C20H13F3N2O3/c21-20(22,23)11-9-14(18(26)24-10-11)25-19(27)17-12-5-1-3-7-15(12)28-16-8-4-2-6-13(16)17/h1-10,17H,(H,24,26)(H,25,27). The lowest BCUT2D eigenvalue weighted by Gasteiger charge is -2.27. The smallest absolute Gasteiger partial charge is 0.417 e. The first-order valence-electron chi connectivity index (χ1n) is 8.31. The molecule has 0 atom stereocenters. The zero-order valence-electron chi connectivity index (χ0n) is 14.2. The van der Waals surface area contributed by atoms with Crippen molar-refractivity contribution in [1.82, 2.24) is 4.98 Å². The lowest BCUT2D eigenvalue weighted by molar-refractivity contribution is -0.137. The number of carbonyl (C=O) groups excluding carboxylic acids is 1. The Morgan fingerprint density at radius 2 is 1.57 bits per heavy atom. The van der Waals surface area contributed by atoms with E-state index in [1.807, 2.05) is 4.98 Å². The van der Waals surface area contributed by atoms with Crippen molar-refractivity contribution in [2.45, 2.75) is 12.1 Å². The van der Waals surface area contributed by atoms with Gasteiger partial charge in [-0.15, -0.1) is 0 Å². The van der Waals surface area contributed by atoms with E-state index in [9.17, 15) is 22.8 Å². The van der Waals surface area contributed by atoms with E-state index in [0.29, 0.717) is 34.9 Å². The highest BCUT2D eigenvalue weighted by atomic mass is 19.4. The van der Waals surface area contributed by atoms with Crippen LogP contribution in [0.4, 0.5) is 18.9 Å². The number of para-hydroxylation sites is 2. The predicted octanol–water partition coefficient (Wildman–Crippen LogP) is 4.27. The van der Waals surface area contributed by atoms with Gasteiger partial charge >= 0.3 is 6.18 Å². The molecule has 1 aliphatic rings. The third kappa shape index (κ3) is 3.13. The van der Waals surface area contributed by atoms with Gasteiger partial charge in [-0.1, -0.05) is 36.4 Å². The van der Waals surface area contributed by atoms with E-state index >= 15 is 0 Å². The second-order valence-corrected chi connectivity index (χ2v) is 6.23. The minimum atomic E-state index is -4.65. The molecule has 28 heavy (non-hydrogen) atoms. The van der Waals surface area contributed by atoms with Gasteiger partial charge in [0.15, 0.2) is 0 Å². The fourth-order valence-corrected chi connectivity index (χ4v) is 3.14. The number of hydrogen-bond donors (Lipinski definition) is 2. The van der Waals surface area contributed by atoms with Crippen LogP contribution in [0.15, 0.2) is 65.6 Å². The van der Waals surface area contributed by atoms with E-state index < -0.39 is 34.8 Å². The summed E-state index contributed by atoms with van der Waals surface area (Å²) in [5.41, 5.74) is -1.24. The molecule has 2 aromatic carbocycles. The summed E-state index contributed by atoms with van der Waals surface area (Å²) in [4.78, 5) is 27.0. The first-order valence-corrected chi connectivity index (χ1v) is 8.31. The number of aromatic nitrogens is 1. The third-order valence-electron chi connectivity index (χ3n) is 4.43. The minimum absolute atomic E-state index is 0.471. The molecule has 0 saturated carbocycles. The monoisotopic (exact) mass is 386 g/mol. The molecule has 0 spiro atoms. The van der Waals surface area contributed by atoms with Crippen molar-refractivity contribution in [2.24, 2.45) is 0 Å². The molecule has 142 valence electrons. The number of hydrogen-bond acceptors (Lipinski definition) is 3. The van der Waals surface area contributed by atoms with Crippen molar-refractivity contribution in [2.75, 3.05) is 5.32 Å². The number of alkyl halides is 3. The molecule has 0 bridgehead atoms. The van der Waals surface area contributed by atoms with E-state index in [2.05, 4.69) is 5.32 Å². The molecule has 1 aromatic heterocycles. The molecule has 3 aromatic rings. The molecule has 1 aliphatic heterocycles. The summed E-state index contributed by atoms with van der Waals surface area (Å²) in [5, 5.41) is 2.34. The quantitative estimate of drug-likeness (QED) is 0.691. The number of nitrogens with one attached hydrogen (secondary N) is 2. The van der Waals surface area contributed by atoms with Crippen molar-refractivity contribution in [3.8, 4) is 11.5 Å². The van der Waals surface area contributed by atoms with E-state index in [1.54, 1.807) is 48.5 Å². The van der Waals surface area contributed by atoms with Crippen molar-refractivity contribution in [3.05, 3.63) is 87.8 Å². The van der Waals surface area contributed by atoms with E-state index in [4.69, 9.17) is 4.74 Å². The van der Waals surface area contributed by atoms with Crippen LogP contribution in [0.2, 0.25) is 0 Å². The molecule has 0 aliphatic carbocycles. The number of ether oxygens (including phenoxy) is 1. The normalized spacial score (nSPS) is 13.2. The Labute approximate surface area is 156 Å². The van der Waals surface area contributed by atoms with Gasteiger partial charge < -0.3 is 15.0 Å². The topological polar surface area (TPSA) is 71.2 Å². The number of halogens is 3. The van der Waals surface area contributed by atoms with Crippen LogP contribution >= 0.6 is 0 Å². The fourth-order valence-electron chi connectivity index (χ4n) is 3.14. The summed E-state index contributed by atoms with van der Waals surface area (Å²) in [6.07, 6.45) is -4.08. The molecule has 1 amide bonds. The molecule has 2 heterocycles. The zero-order valence-corrected chi connectivity index (χ0v) is 14.2. The highest BCUT2D eigenvalue weighted by Gasteiger charge is 2.34. The number of rotatable bonds is 2. The Morgan fingerprint density at radius 3 is 2.14 bits per heavy atom.